The van der Waals surface area contributed by atoms with E-state index in [4.69, 9.17) is 4.74 Å². The lowest BCUT2D eigenvalue weighted by atomic mass is 10.1. The van der Waals surface area contributed by atoms with E-state index in [1.54, 1.807) is 0 Å². The highest BCUT2D eigenvalue weighted by Crippen LogP contribution is 2.30. The number of phenolic OH excluding ortho intramolecular Hbond substituents is 1. The first-order chi connectivity index (χ1) is 8.58. The second-order valence-electron chi connectivity index (χ2n) is 3.32. The summed E-state index contributed by atoms with van der Waals surface area (Å²) in [4.78, 5) is 21.5. The van der Waals surface area contributed by atoms with Crippen molar-refractivity contribution in [3.63, 3.8) is 0 Å². The van der Waals surface area contributed by atoms with Crippen molar-refractivity contribution >= 4 is 23.2 Å². The van der Waals surface area contributed by atoms with Crippen LogP contribution in [0.3, 0.4) is 0 Å². The molecule has 0 unspecified atom stereocenters. The van der Waals surface area contributed by atoms with Crippen LogP contribution in [0.5, 0.6) is 11.5 Å². The van der Waals surface area contributed by atoms with Gasteiger partial charge in [0.15, 0.2) is 22.9 Å². The molecule has 0 spiro atoms. The van der Waals surface area contributed by atoms with E-state index < -0.39 is 0 Å². The Kier molecular flexibility index (Phi) is 5.28. The van der Waals surface area contributed by atoms with Gasteiger partial charge in [-0.1, -0.05) is 23.6 Å². The number of carbonyl (C=O) groups is 2. The summed E-state index contributed by atoms with van der Waals surface area (Å²) in [5, 5.41) is 9.61. The number of hydrogen-bond donors (Lipinski definition) is 1. The molecule has 0 fully saturated rings. The summed E-state index contributed by atoms with van der Waals surface area (Å²) < 4.78 is 4.94. The van der Waals surface area contributed by atoms with E-state index in [-0.39, 0.29) is 22.2 Å². The number of aromatic hydroxyl groups is 1. The number of phenols is 1. The molecule has 1 N–H and O–H groups in total. The summed E-state index contributed by atoms with van der Waals surface area (Å²) in [5.74, 6) is 5.98. The van der Waals surface area contributed by atoms with E-state index in [2.05, 4.69) is 11.8 Å². The van der Waals surface area contributed by atoms with Crippen molar-refractivity contribution in [1.82, 2.24) is 0 Å². The zero-order valence-corrected chi connectivity index (χ0v) is 10.8. The number of rotatable bonds is 3. The fraction of sp³-hybridized carbons (Fsp3) is 0.231. The molecule has 5 heteroatoms. The Bertz CT molecular complexity index is 526. The highest BCUT2D eigenvalue weighted by molar-refractivity contribution is 8.13. The van der Waals surface area contributed by atoms with Crippen molar-refractivity contribution in [2.24, 2.45) is 0 Å². The number of hydrogen-bond acceptors (Lipinski definition) is 5. The molecule has 0 heterocycles. The molecule has 1 aromatic carbocycles. The minimum absolute atomic E-state index is 0.00108. The van der Waals surface area contributed by atoms with Gasteiger partial charge in [0.2, 0.25) is 0 Å². The molecule has 0 amide bonds. The topological polar surface area (TPSA) is 63.6 Å². The number of carbonyl (C=O) groups excluding carboxylic acids is 2. The molecule has 0 aliphatic rings. The van der Waals surface area contributed by atoms with Crippen molar-refractivity contribution in [2.75, 3.05) is 12.9 Å². The fourth-order valence-electron chi connectivity index (χ4n) is 1.22. The van der Waals surface area contributed by atoms with Crippen LogP contribution in [0.4, 0.5) is 0 Å². The molecule has 0 aromatic heterocycles. The van der Waals surface area contributed by atoms with Crippen LogP contribution in [0.15, 0.2) is 12.1 Å². The summed E-state index contributed by atoms with van der Waals surface area (Å²) in [6.45, 7) is 1.47. The average molecular weight is 264 g/mol. The maximum absolute atomic E-state index is 10.8. The molecule has 4 nitrogen and oxygen atoms in total. The summed E-state index contributed by atoms with van der Waals surface area (Å²) in [7, 11) is 1.40. The lowest BCUT2D eigenvalue weighted by Gasteiger charge is -2.05. The predicted molar refractivity (Wildman–Crippen MR) is 70.1 cm³/mol. The lowest BCUT2D eigenvalue weighted by molar-refractivity contribution is -0.109. The van der Waals surface area contributed by atoms with Gasteiger partial charge in [0, 0.05) is 12.5 Å². The van der Waals surface area contributed by atoms with Crippen molar-refractivity contribution in [1.29, 1.82) is 0 Å². The zero-order chi connectivity index (χ0) is 13.5. The molecule has 1 aromatic rings. The maximum Gasteiger partial charge on any atom is 0.186 e. The molecule has 0 aliphatic heterocycles. The van der Waals surface area contributed by atoms with E-state index in [1.165, 1.54) is 26.2 Å². The Hall–Kier alpha value is -1.93. The van der Waals surface area contributed by atoms with Gasteiger partial charge in [-0.2, -0.15) is 0 Å². The molecule has 94 valence electrons. The van der Waals surface area contributed by atoms with Crippen LogP contribution in [0.2, 0.25) is 0 Å². The van der Waals surface area contributed by atoms with Crippen LogP contribution < -0.4 is 4.74 Å². The molecule has 18 heavy (non-hydrogen) atoms. The summed E-state index contributed by atoms with van der Waals surface area (Å²) in [6.07, 6.45) is 0.535. The zero-order valence-electron chi connectivity index (χ0n) is 10.0. The van der Waals surface area contributed by atoms with Crippen molar-refractivity contribution < 1.29 is 19.4 Å². The standard InChI is InChI=1S/C13H12O4S/c1-9(15)18-5-3-4-10-6-11(8-14)13(16)12(7-10)17-2/h6-8,16H,5H2,1-2H3. The molecule has 0 saturated heterocycles. The third-order valence-corrected chi connectivity index (χ3v) is 2.73. The minimum atomic E-state index is -0.198. The van der Waals surface area contributed by atoms with E-state index in [9.17, 15) is 14.7 Å². The number of ether oxygens (including phenoxy) is 1. The van der Waals surface area contributed by atoms with Gasteiger partial charge in [-0.3, -0.25) is 9.59 Å². The molecule has 0 bridgehead atoms. The molecule has 0 atom stereocenters. The van der Waals surface area contributed by atoms with E-state index in [0.717, 1.165) is 11.8 Å². The first kappa shape index (κ1) is 14.1. The van der Waals surface area contributed by atoms with Crippen LogP contribution in [-0.2, 0) is 4.79 Å². The van der Waals surface area contributed by atoms with Gasteiger partial charge >= 0.3 is 0 Å². The predicted octanol–water partition coefficient (Wildman–Crippen LogP) is 1.84. The number of aldehydes is 1. The van der Waals surface area contributed by atoms with E-state index in [0.29, 0.717) is 17.6 Å². The Morgan fingerprint density at radius 3 is 2.83 bits per heavy atom. The molecular formula is C13H12O4S. The van der Waals surface area contributed by atoms with Crippen molar-refractivity contribution in [3.8, 4) is 23.3 Å². The molecule has 0 radical (unpaired) electrons. The normalized spacial score (nSPS) is 9.22. The Labute approximate surface area is 109 Å². The van der Waals surface area contributed by atoms with Crippen LogP contribution in [0.1, 0.15) is 22.8 Å². The highest BCUT2D eigenvalue weighted by atomic mass is 32.2. The van der Waals surface area contributed by atoms with E-state index >= 15 is 0 Å². The Morgan fingerprint density at radius 2 is 2.28 bits per heavy atom. The van der Waals surface area contributed by atoms with Gasteiger partial charge < -0.3 is 9.84 Å². The smallest absolute Gasteiger partial charge is 0.186 e. The van der Waals surface area contributed by atoms with Gasteiger partial charge in [-0.25, -0.2) is 0 Å². The Balaban J connectivity index is 2.96. The lowest BCUT2D eigenvalue weighted by Crippen LogP contribution is -1.91. The molecule has 1 rings (SSSR count). The van der Waals surface area contributed by atoms with Crippen LogP contribution in [0.25, 0.3) is 0 Å². The fourth-order valence-corrected chi connectivity index (χ4v) is 1.57. The van der Waals surface area contributed by atoms with Crippen molar-refractivity contribution in [2.45, 2.75) is 6.92 Å². The highest BCUT2D eigenvalue weighted by Gasteiger charge is 2.08. The largest absolute Gasteiger partial charge is 0.504 e. The molecular weight excluding hydrogens is 252 g/mol. The van der Waals surface area contributed by atoms with Crippen LogP contribution in [-0.4, -0.2) is 29.4 Å². The minimum Gasteiger partial charge on any atom is -0.504 e. The van der Waals surface area contributed by atoms with Gasteiger partial charge in [-0.15, -0.1) is 0 Å². The van der Waals surface area contributed by atoms with Gasteiger partial charge in [-0.05, 0) is 12.1 Å². The number of methoxy groups -OCH3 is 1. The second kappa shape index (κ2) is 6.72. The summed E-state index contributed by atoms with van der Waals surface area (Å²) in [6, 6.07) is 3.00. The van der Waals surface area contributed by atoms with Gasteiger partial charge in [0.1, 0.15) is 0 Å². The number of benzene rings is 1. The average Bonchev–Trinajstić information content (AvgIpc) is 2.35. The second-order valence-corrected chi connectivity index (χ2v) is 4.47. The SMILES string of the molecule is COc1cc(C#CCSC(C)=O)cc(C=O)c1O. The first-order valence-electron chi connectivity index (χ1n) is 5.07. The summed E-state index contributed by atoms with van der Waals surface area (Å²) >= 11 is 1.11. The van der Waals surface area contributed by atoms with Crippen LogP contribution in [0, 0.1) is 11.8 Å². The van der Waals surface area contributed by atoms with Crippen molar-refractivity contribution in [3.05, 3.63) is 23.3 Å². The number of thioether (sulfide) groups is 1. The summed E-state index contributed by atoms with van der Waals surface area (Å²) in [5.41, 5.74) is 0.675. The third kappa shape index (κ3) is 3.82. The maximum atomic E-state index is 10.8. The monoisotopic (exact) mass is 264 g/mol. The third-order valence-electron chi connectivity index (χ3n) is 2.03. The first-order valence-corrected chi connectivity index (χ1v) is 6.05. The molecule has 0 saturated carbocycles. The van der Waals surface area contributed by atoms with Crippen LogP contribution >= 0.6 is 11.8 Å². The van der Waals surface area contributed by atoms with E-state index in [1.807, 2.05) is 0 Å². The van der Waals surface area contributed by atoms with Gasteiger partial charge in [0.25, 0.3) is 0 Å². The molecule has 0 aliphatic carbocycles. The Morgan fingerprint density at radius 1 is 1.56 bits per heavy atom. The van der Waals surface area contributed by atoms with Gasteiger partial charge in [0.05, 0.1) is 18.4 Å². The quantitative estimate of drug-likeness (QED) is 0.666.